The summed E-state index contributed by atoms with van der Waals surface area (Å²) in [5, 5.41) is 9.60. The molecule has 86 valence electrons. The Morgan fingerprint density at radius 2 is 1.65 bits per heavy atom. The van der Waals surface area contributed by atoms with Gasteiger partial charge in [0.25, 0.3) is 0 Å². The molecule has 0 fully saturated rings. The molecule has 0 saturated carbocycles. The van der Waals surface area contributed by atoms with Gasteiger partial charge in [-0.2, -0.15) is 0 Å². The zero-order valence-electron chi connectivity index (χ0n) is 9.17. The maximum absolute atomic E-state index is 9.16. The lowest BCUT2D eigenvalue weighted by Gasteiger charge is -2.07. The zero-order chi connectivity index (χ0) is 12.1. The van der Waals surface area contributed by atoms with E-state index in [9.17, 15) is 0 Å². The number of hydrogen-bond donors (Lipinski definition) is 1. The second kappa shape index (κ2) is 5.46. The van der Waals surface area contributed by atoms with Crippen molar-refractivity contribution in [1.29, 1.82) is 0 Å². The van der Waals surface area contributed by atoms with Crippen LogP contribution in [0.1, 0.15) is 11.1 Å². The summed E-state index contributed by atoms with van der Waals surface area (Å²) in [5.74, 6) is 0.222. The Bertz CT molecular complexity index is 491. The molecule has 0 spiro atoms. The Labute approximate surface area is 105 Å². The van der Waals surface area contributed by atoms with E-state index in [1.807, 2.05) is 30.3 Å². The first-order chi connectivity index (χ1) is 8.25. The monoisotopic (exact) mass is 244 g/mol. The van der Waals surface area contributed by atoms with Crippen molar-refractivity contribution < 1.29 is 9.84 Å². The van der Waals surface area contributed by atoms with Crippen LogP contribution < -0.4 is 0 Å². The van der Waals surface area contributed by atoms with Crippen molar-refractivity contribution in [2.24, 2.45) is 0 Å². The van der Waals surface area contributed by atoms with Crippen molar-refractivity contribution in [3.63, 3.8) is 0 Å². The molecule has 0 radical (unpaired) electrons. The van der Waals surface area contributed by atoms with E-state index >= 15 is 0 Å². The Balaban J connectivity index is 1.96. The summed E-state index contributed by atoms with van der Waals surface area (Å²) in [6.45, 7) is 0.459. The minimum Gasteiger partial charge on any atom is -0.508 e. The van der Waals surface area contributed by atoms with Crippen LogP contribution in [0, 0.1) is 0 Å². The van der Waals surface area contributed by atoms with Crippen LogP contribution in [0.25, 0.3) is 0 Å². The number of phenolic OH excluding ortho intramolecular Hbond substituents is 1. The molecule has 1 N–H and O–H groups in total. The predicted octanol–water partition coefficient (Wildman–Crippen LogP) is 3.28. The van der Waals surface area contributed by atoms with E-state index in [-0.39, 0.29) is 5.75 Å². The molecule has 0 aliphatic carbocycles. The highest BCUT2D eigenvalue weighted by atomic mass is 32.1. The van der Waals surface area contributed by atoms with Gasteiger partial charge in [-0.05, 0) is 42.0 Å². The van der Waals surface area contributed by atoms with Gasteiger partial charge in [-0.3, -0.25) is 0 Å². The second-order valence-electron chi connectivity index (χ2n) is 3.61. The van der Waals surface area contributed by atoms with Crippen LogP contribution in [0.3, 0.4) is 0 Å². The molecule has 0 heterocycles. The molecule has 0 saturated heterocycles. The first-order valence-corrected chi connectivity index (χ1v) is 5.66. The summed E-state index contributed by atoms with van der Waals surface area (Å²) in [6, 6.07) is 16.5. The van der Waals surface area contributed by atoms with Crippen LogP contribution in [0.15, 0.2) is 54.6 Å². The molecule has 0 amide bonds. The van der Waals surface area contributed by atoms with Crippen molar-refractivity contribution in [2.45, 2.75) is 6.61 Å². The highest BCUT2D eigenvalue weighted by Gasteiger charge is 2.02. The van der Waals surface area contributed by atoms with Gasteiger partial charge in [0, 0.05) is 5.56 Å². The summed E-state index contributed by atoms with van der Waals surface area (Å²) in [5.41, 5.74) is 1.88. The quantitative estimate of drug-likeness (QED) is 0.840. The van der Waals surface area contributed by atoms with Gasteiger partial charge in [-0.15, -0.1) is 0 Å². The highest BCUT2D eigenvalue weighted by Crippen LogP contribution is 2.12. The zero-order valence-corrected chi connectivity index (χ0v) is 9.98. The van der Waals surface area contributed by atoms with Crippen LogP contribution in [-0.2, 0) is 11.3 Å². The van der Waals surface area contributed by atoms with Crippen LogP contribution in [-0.4, -0.2) is 10.2 Å². The number of benzene rings is 2. The fraction of sp³-hybridized carbons (Fsp3) is 0.0714. The lowest BCUT2D eigenvalue weighted by atomic mass is 10.2. The fourth-order valence-electron chi connectivity index (χ4n) is 1.40. The Kier molecular flexibility index (Phi) is 3.73. The summed E-state index contributed by atoms with van der Waals surface area (Å²) >= 11 is 5.16. The molecule has 3 heteroatoms. The second-order valence-corrected chi connectivity index (χ2v) is 3.98. The average molecular weight is 244 g/mol. The maximum Gasteiger partial charge on any atom is 0.191 e. The van der Waals surface area contributed by atoms with Crippen LogP contribution in [0.2, 0.25) is 0 Å². The van der Waals surface area contributed by atoms with Gasteiger partial charge in [-0.1, -0.05) is 30.3 Å². The molecule has 0 aromatic heterocycles. The lowest BCUT2D eigenvalue weighted by molar-refractivity contribution is 0.302. The topological polar surface area (TPSA) is 29.5 Å². The number of phenols is 1. The molecule has 17 heavy (non-hydrogen) atoms. The molecule has 0 unspecified atom stereocenters. The maximum atomic E-state index is 9.16. The highest BCUT2D eigenvalue weighted by molar-refractivity contribution is 7.80. The number of hydrogen-bond acceptors (Lipinski definition) is 3. The minimum absolute atomic E-state index is 0.222. The largest absolute Gasteiger partial charge is 0.508 e. The normalized spacial score (nSPS) is 9.88. The van der Waals surface area contributed by atoms with E-state index in [4.69, 9.17) is 22.1 Å². The molecule has 0 aliphatic rings. The molecule has 0 aliphatic heterocycles. The molecular weight excluding hydrogens is 232 g/mol. The van der Waals surface area contributed by atoms with Crippen LogP contribution >= 0.6 is 12.2 Å². The Morgan fingerprint density at radius 1 is 1.00 bits per heavy atom. The summed E-state index contributed by atoms with van der Waals surface area (Å²) < 4.78 is 5.50. The summed E-state index contributed by atoms with van der Waals surface area (Å²) in [6.07, 6.45) is 0. The van der Waals surface area contributed by atoms with Crippen molar-refractivity contribution in [3.05, 3.63) is 65.7 Å². The third-order valence-corrected chi connectivity index (χ3v) is 2.67. The minimum atomic E-state index is 0.222. The van der Waals surface area contributed by atoms with Crippen molar-refractivity contribution >= 4 is 17.3 Å². The average Bonchev–Trinajstić information content (AvgIpc) is 2.38. The van der Waals surface area contributed by atoms with Gasteiger partial charge in [-0.25, -0.2) is 0 Å². The molecule has 0 bridgehead atoms. The van der Waals surface area contributed by atoms with E-state index in [0.29, 0.717) is 11.7 Å². The van der Waals surface area contributed by atoms with Crippen LogP contribution in [0.5, 0.6) is 5.75 Å². The number of ether oxygens (including phenoxy) is 1. The smallest absolute Gasteiger partial charge is 0.191 e. The standard InChI is InChI=1S/C14H12O2S/c15-13-8-6-12(7-9-13)14(17)16-10-11-4-2-1-3-5-11/h1-9,15H,10H2. The van der Waals surface area contributed by atoms with E-state index in [2.05, 4.69) is 0 Å². The van der Waals surface area contributed by atoms with E-state index in [0.717, 1.165) is 11.1 Å². The lowest BCUT2D eigenvalue weighted by Crippen LogP contribution is -2.03. The third kappa shape index (κ3) is 3.29. The Morgan fingerprint density at radius 3 is 2.29 bits per heavy atom. The van der Waals surface area contributed by atoms with Gasteiger partial charge in [0.2, 0.25) is 0 Å². The number of thiocarbonyl (C=S) groups is 1. The van der Waals surface area contributed by atoms with Crippen molar-refractivity contribution in [2.75, 3.05) is 0 Å². The predicted molar refractivity (Wildman–Crippen MR) is 71.0 cm³/mol. The third-order valence-electron chi connectivity index (χ3n) is 2.32. The van der Waals surface area contributed by atoms with Gasteiger partial charge < -0.3 is 9.84 Å². The van der Waals surface area contributed by atoms with Crippen molar-refractivity contribution in [3.8, 4) is 5.75 Å². The van der Waals surface area contributed by atoms with Gasteiger partial charge >= 0.3 is 0 Å². The SMILES string of the molecule is Oc1ccc(C(=S)OCc2ccccc2)cc1. The Hall–Kier alpha value is -1.87. The van der Waals surface area contributed by atoms with Crippen molar-refractivity contribution in [1.82, 2.24) is 0 Å². The molecule has 2 aromatic carbocycles. The molecule has 2 nitrogen and oxygen atoms in total. The fourth-order valence-corrected chi connectivity index (χ4v) is 1.60. The van der Waals surface area contributed by atoms with E-state index in [1.165, 1.54) is 0 Å². The number of aromatic hydroxyl groups is 1. The van der Waals surface area contributed by atoms with Crippen LogP contribution in [0.4, 0.5) is 0 Å². The first kappa shape index (κ1) is 11.6. The van der Waals surface area contributed by atoms with Gasteiger partial charge in [0.05, 0.1) is 0 Å². The van der Waals surface area contributed by atoms with Gasteiger partial charge in [0.15, 0.2) is 5.05 Å². The van der Waals surface area contributed by atoms with Gasteiger partial charge in [0.1, 0.15) is 12.4 Å². The first-order valence-electron chi connectivity index (χ1n) is 5.26. The molecule has 2 aromatic rings. The summed E-state index contributed by atoms with van der Waals surface area (Å²) in [4.78, 5) is 0. The summed E-state index contributed by atoms with van der Waals surface area (Å²) in [7, 11) is 0. The number of rotatable bonds is 3. The molecule has 0 atom stereocenters. The molecule has 2 rings (SSSR count). The van der Waals surface area contributed by atoms with E-state index < -0.39 is 0 Å². The molecular formula is C14H12O2S. The van der Waals surface area contributed by atoms with E-state index in [1.54, 1.807) is 24.3 Å².